The lowest BCUT2D eigenvalue weighted by Gasteiger charge is -2.04. The van der Waals surface area contributed by atoms with Gasteiger partial charge in [-0.15, -0.1) is 0 Å². The predicted molar refractivity (Wildman–Crippen MR) is 82.8 cm³/mol. The molecule has 0 heterocycles. The van der Waals surface area contributed by atoms with Crippen LogP contribution in [0.4, 0.5) is 0 Å². The lowest BCUT2D eigenvalue weighted by atomic mass is 10.1. The molecule has 0 aromatic carbocycles. The summed E-state index contributed by atoms with van der Waals surface area (Å²) in [4.78, 5) is 0. The molecule has 0 aromatic heterocycles. The van der Waals surface area contributed by atoms with Crippen LogP contribution in [0.1, 0.15) is 71.1 Å². The summed E-state index contributed by atoms with van der Waals surface area (Å²) in [7, 11) is 0. The Morgan fingerprint density at radius 1 is 0.882 bits per heavy atom. The lowest BCUT2D eigenvalue weighted by Crippen LogP contribution is -2.16. The van der Waals surface area contributed by atoms with Crippen LogP contribution in [-0.2, 0) is 0 Å². The Morgan fingerprint density at radius 2 is 1.35 bits per heavy atom. The van der Waals surface area contributed by atoms with Gasteiger partial charge >= 0.3 is 0 Å². The molecule has 0 radical (unpaired) electrons. The third kappa shape index (κ3) is 16.2. The van der Waals surface area contributed by atoms with E-state index in [-0.39, 0.29) is 0 Å². The number of halogens is 1. The number of rotatable bonds is 13. The Kier molecular flexibility index (Phi) is 14.4. The summed E-state index contributed by atoms with van der Waals surface area (Å²) in [6, 6.07) is 0. The zero-order valence-corrected chi connectivity index (χ0v) is 13.2. The number of hydrogen-bond donors (Lipinski definition) is 1. The third-order valence-corrected chi connectivity index (χ3v) is 3.30. The van der Waals surface area contributed by atoms with Gasteiger partial charge in [-0.25, -0.2) is 0 Å². The monoisotopic (exact) mass is 303 g/mol. The second kappa shape index (κ2) is 14.2. The smallest absolute Gasteiger partial charge is 0.0265 e. The molecule has 0 saturated carbocycles. The van der Waals surface area contributed by atoms with E-state index in [0.717, 1.165) is 17.6 Å². The molecule has 0 aliphatic rings. The zero-order valence-electron chi connectivity index (χ0n) is 11.6. The first kappa shape index (κ1) is 17.2. The van der Waals surface area contributed by atoms with Crippen molar-refractivity contribution in [3.63, 3.8) is 0 Å². The first-order valence-electron chi connectivity index (χ1n) is 7.31. The lowest BCUT2D eigenvalue weighted by molar-refractivity contribution is 0.548. The van der Waals surface area contributed by atoms with Crippen molar-refractivity contribution in [2.45, 2.75) is 71.1 Å². The molecule has 0 aliphatic heterocycles. The van der Waals surface area contributed by atoms with Crippen molar-refractivity contribution in [3.8, 4) is 0 Å². The summed E-state index contributed by atoms with van der Waals surface area (Å²) in [5.41, 5.74) is 0. The summed E-state index contributed by atoms with van der Waals surface area (Å²) in [6.07, 6.45) is 14.1. The van der Waals surface area contributed by atoms with E-state index >= 15 is 0 Å². The molecular formula is C15H30BrN. The topological polar surface area (TPSA) is 12.0 Å². The molecule has 0 aliphatic carbocycles. The summed E-state index contributed by atoms with van der Waals surface area (Å²) in [6.45, 7) is 8.10. The molecule has 17 heavy (non-hydrogen) atoms. The van der Waals surface area contributed by atoms with Crippen molar-refractivity contribution in [2.75, 3.05) is 13.1 Å². The van der Waals surface area contributed by atoms with Crippen LogP contribution in [0.2, 0.25) is 0 Å². The molecule has 102 valence electrons. The number of unbranched alkanes of at least 4 members (excludes halogenated alkanes) is 9. The van der Waals surface area contributed by atoms with Crippen LogP contribution >= 0.6 is 15.9 Å². The maximum absolute atomic E-state index is 3.80. The molecule has 0 saturated heterocycles. The van der Waals surface area contributed by atoms with E-state index in [1.807, 2.05) is 0 Å². The Bertz CT molecular complexity index is 168. The molecule has 2 heteroatoms. The maximum Gasteiger partial charge on any atom is 0.0265 e. The molecule has 0 atom stereocenters. The summed E-state index contributed by atoms with van der Waals surface area (Å²) in [5, 5.41) is 3.36. The molecule has 1 N–H and O–H groups in total. The van der Waals surface area contributed by atoms with Crippen LogP contribution in [0.5, 0.6) is 0 Å². The quantitative estimate of drug-likeness (QED) is 0.449. The normalized spacial score (nSPS) is 10.7. The summed E-state index contributed by atoms with van der Waals surface area (Å²) < 4.78 is 1.05. The van der Waals surface area contributed by atoms with Crippen LogP contribution < -0.4 is 5.32 Å². The molecule has 0 aromatic rings. The SMILES string of the molecule is C=C(Br)CNCCCCCCCCCCCC. The first-order valence-corrected chi connectivity index (χ1v) is 8.10. The van der Waals surface area contributed by atoms with Gasteiger partial charge in [0.05, 0.1) is 0 Å². The standard InChI is InChI=1S/C15H30BrN/c1-3-4-5-6-7-8-9-10-11-12-13-17-14-15(2)16/h17H,2-14H2,1H3. The highest BCUT2D eigenvalue weighted by Crippen LogP contribution is 2.10. The van der Waals surface area contributed by atoms with E-state index in [9.17, 15) is 0 Å². The fourth-order valence-electron chi connectivity index (χ4n) is 1.96. The summed E-state index contributed by atoms with van der Waals surface area (Å²) >= 11 is 3.35. The largest absolute Gasteiger partial charge is 0.312 e. The van der Waals surface area contributed by atoms with Gasteiger partial charge in [-0.05, 0) is 13.0 Å². The molecule has 0 unspecified atom stereocenters. The van der Waals surface area contributed by atoms with Gasteiger partial charge in [0, 0.05) is 11.0 Å². The maximum atomic E-state index is 3.80. The van der Waals surface area contributed by atoms with Crippen molar-refractivity contribution in [1.82, 2.24) is 5.32 Å². The van der Waals surface area contributed by atoms with Crippen molar-refractivity contribution < 1.29 is 0 Å². The van der Waals surface area contributed by atoms with Crippen LogP contribution in [0.3, 0.4) is 0 Å². The van der Waals surface area contributed by atoms with Gasteiger partial charge in [0.1, 0.15) is 0 Å². The third-order valence-electron chi connectivity index (χ3n) is 3.02. The van der Waals surface area contributed by atoms with Gasteiger partial charge in [-0.3, -0.25) is 0 Å². The van der Waals surface area contributed by atoms with Crippen molar-refractivity contribution in [1.29, 1.82) is 0 Å². The van der Waals surface area contributed by atoms with Crippen molar-refractivity contribution in [3.05, 3.63) is 11.1 Å². The first-order chi connectivity index (χ1) is 8.27. The van der Waals surface area contributed by atoms with Crippen LogP contribution in [0.15, 0.2) is 11.1 Å². The Hall–Kier alpha value is 0.180. The minimum atomic E-state index is 0.900. The van der Waals surface area contributed by atoms with E-state index in [2.05, 4.69) is 34.7 Å². The van der Waals surface area contributed by atoms with Gasteiger partial charge in [-0.1, -0.05) is 87.2 Å². The number of hydrogen-bond acceptors (Lipinski definition) is 1. The second-order valence-electron chi connectivity index (χ2n) is 4.88. The van der Waals surface area contributed by atoms with Gasteiger partial charge in [-0.2, -0.15) is 0 Å². The Morgan fingerprint density at radius 3 is 1.82 bits per heavy atom. The molecule has 0 fully saturated rings. The fraction of sp³-hybridized carbons (Fsp3) is 0.867. The van der Waals surface area contributed by atoms with E-state index in [1.165, 1.54) is 64.2 Å². The second-order valence-corrected chi connectivity index (χ2v) is 6.00. The molecule has 0 amide bonds. The van der Waals surface area contributed by atoms with Crippen molar-refractivity contribution in [2.24, 2.45) is 0 Å². The van der Waals surface area contributed by atoms with Gasteiger partial charge < -0.3 is 5.32 Å². The van der Waals surface area contributed by atoms with Crippen LogP contribution in [0, 0.1) is 0 Å². The van der Waals surface area contributed by atoms with E-state index in [1.54, 1.807) is 0 Å². The molecule has 0 rings (SSSR count). The number of nitrogens with one attached hydrogen (secondary N) is 1. The van der Waals surface area contributed by atoms with Gasteiger partial charge in [0.25, 0.3) is 0 Å². The van der Waals surface area contributed by atoms with E-state index in [4.69, 9.17) is 0 Å². The summed E-state index contributed by atoms with van der Waals surface area (Å²) in [5.74, 6) is 0. The molecular weight excluding hydrogens is 274 g/mol. The average Bonchev–Trinajstić information content (AvgIpc) is 2.30. The molecule has 0 bridgehead atoms. The Balaban J connectivity index is 2.91. The predicted octanol–water partition coefficient (Wildman–Crippen LogP) is 5.41. The zero-order chi connectivity index (χ0) is 12.8. The van der Waals surface area contributed by atoms with Crippen LogP contribution in [-0.4, -0.2) is 13.1 Å². The van der Waals surface area contributed by atoms with E-state index < -0.39 is 0 Å². The highest BCUT2D eigenvalue weighted by Gasteiger charge is 1.93. The van der Waals surface area contributed by atoms with Gasteiger partial charge in [0.15, 0.2) is 0 Å². The highest BCUT2D eigenvalue weighted by atomic mass is 79.9. The van der Waals surface area contributed by atoms with Gasteiger partial charge in [0.2, 0.25) is 0 Å². The molecule has 0 spiro atoms. The average molecular weight is 304 g/mol. The van der Waals surface area contributed by atoms with Crippen molar-refractivity contribution >= 4 is 15.9 Å². The molecule has 1 nitrogen and oxygen atoms in total. The minimum Gasteiger partial charge on any atom is -0.312 e. The Labute approximate surface area is 117 Å². The highest BCUT2D eigenvalue weighted by molar-refractivity contribution is 9.11. The van der Waals surface area contributed by atoms with E-state index in [0.29, 0.717) is 0 Å². The van der Waals surface area contributed by atoms with Crippen LogP contribution in [0.25, 0.3) is 0 Å². The minimum absolute atomic E-state index is 0.900. The fourth-order valence-corrected chi connectivity index (χ4v) is 2.16.